The Kier molecular flexibility index (Phi) is 9.53. The monoisotopic (exact) mass is 415 g/mol. The van der Waals surface area contributed by atoms with Crippen LogP contribution in [0.15, 0.2) is 60.7 Å². The van der Waals surface area contributed by atoms with Crippen molar-refractivity contribution in [2.45, 2.75) is 25.8 Å². The Labute approximate surface area is 177 Å². The normalized spacial score (nSPS) is 12.5. The highest BCUT2D eigenvalue weighted by molar-refractivity contribution is 6.99. The largest absolute Gasteiger partial charge is 0.405 e. The quantitative estimate of drug-likeness (QED) is 0.394. The van der Waals surface area contributed by atoms with E-state index in [2.05, 4.69) is 86.3 Å². The van der Waals surface area contributed by atoms with Crippen LogP contribution in [0, 0.1) is 0 Å². The third-order valence-corrected chi connectivity index (χ3v) is 10.1. The number of hydrogen-bond acceptors (Lipinski definition) is 4. The first-order valence-corrected chi connectivity index (χ1v) is 12.3. The SMILES string of the molecule is CN(C)CCOCCOCCO[Si](c1ccccc1)(c1ccccc1)C(C)(C)C. The van der Waals surface area contributed by atoms with E-state index in [-0.39, 0.29) is 5.04 Å². The van der Waals surface area contributed by atoms with Crippen molar-refractivity contribution in [3.8, 4) is 0 Å². The maximum atomic E-state index is 6.79. The van der Waals surface area contributed by atoms with Crippen LogP contribution in [0.3, 0.4) is 0 Å². The molecule has 0 fully saturated rings. The van der Waals surface area contributed by atoms with E-state index >= 15 is 0 Å². The van der Waals surface area contributed by atoms with E-state index in [0.29, 0.717) is 26.4 Å². The molecule has 0 aliphatic heterocycles. The molecule has 0 amide bonds. The van der Waals surface area contributed by atoms with Gasteiger partial charge in [-0.15, -0.1) is 0 Å². The Balaban J connectivity index is 2.02. The zero-order valence-corrected chi connectivity index (χ0v) is 19.7. The number of nitrogens with zero attached hydrogens (tertiary/aromatic N) is 1. The Morgan fingerprint density at radius 3 is 1.59 bits per heavy atom. The fourth-order valence-corrected chi connectivity index (χ4v) is 8.13. The first-order valence-electron chi connectivity index (χ1n) is 10.4. The molecular weight excluding hydrogens is 378 g/mol. The van der Waals surface area contributed by atoms with Gasteiger partial charge in [0.1, 0.15) is 0 Å². The summed E-state index contributed by atoms with van der Waals surface area (Å²) < 4.78 is 18.2. The molecule has 4 nitrogen and oxygen atoms in total. The molecule has 0 unspecified atom stereocenters. The fourth-order valence-electron chi connectivity index (χ4n) is 3.58. The maximum Gasteiger partial charge on any atom is 0.261 e. The van der Waals surface area contributed by atoms with Crippen LogP contribution in [0.5, 0.6) is 0 Å². The number of rotatable bonds is 12. The van der Waals surface area contributed by atoms with Crippen molar-refractivity contribution in [1.82, 2.24) is 4.90 Å². The lowest BCUT2D eigenvalue weighted by atomic mass is 10.2. The molecule has 0 radical (unpaired) electrons. The van der Waals surface area contributed by atoms with Crippen molar-refractivity contribution in [2.24, 2.45) is 0 Å². The molecule has 29 heavy (non-hydrogen) atoms. The second kappa shape index (κ2) is 11.6. The minimum absolute atomic E-state index is 0.00893. The molecule has 0 spiro atoms. The third kappa shape index (κ3) is 6.76. The van der Waals surface area contributed by atoms with Crippen LogP contribution >= 0.6 is 0 Å². The summed E-state index contributed by atoms with van der Waals surface area (Å²) in [5.41, 5.74) is 0. The average molecular weight is 416 g/mol. The predicted molar refractivity (Wildman–Crippen MR) is 124 cm³/mol. The van der Waals surface area contributed by atoms with Gasteiger partial charge < -0.3 is 18.8 Å². The first-order chi connectivity index (χ1) is 13.9. The highest BCUT2D eigenvalue weighted by atomic mass is 28.4. The predicted octanol–water partition coefficient (Wildman–Crippen LogP) is 3.16. The van der Waals surface area contributed by atoms with E-state index in [0.717, 1.165) is 13.2 Å². The van der Waals surface area contributed by atoms with Crippen LogP contribution in [-0.2, 0) is 13.9 Å². The molecule has 0 aliphatic carbocycles. The Hall–Kier alpha value is -1.50. The molecule has 2 aromatic rings. The Morgan fingerprint density at radius 2 is 1.14 bits per heavy atom. The van der Waals surface area contributed by atoms with Crippen LogP contribution in [0.1, 0.15) is 20.8 Å². The van der Waals surface area contributed by atoms with Gasteiger partial charge in [0, 0.05) is 6.54 Å². The van der Waals surface area contributed by atoms with Crippen LogP contribution in [0.25, 0.3) is 0 Å². The van der Waals surface area contributed by atoms with Crippen molar-refractivity contribution in [1.29, 1.82) is 0 Å². The second-order valence-electron chi connectivity index (χ2n) is 8.54. The molecule has 0 atom stereocenters. The van der Waals surface area contributed by atoms with Crippen LogP contribution in [0.2, 0.25) is 5.04 Å². The molecule has 160 valence electrons. The number of ether oxygens (including phenoxy) is 2. The lowest BCUT2D eigenvalue weighted by Gasteiger charge is -2.43. The van der Waals surface area contributed by atoms with E-state index in [1.807, 2.05) is 14.1 Å². The van der Waals surface area contributed by atoms with Crippen molar-refractivity contribution in [2.75, 3.05) is 53.7 Å². The van der Waals surface area contributed by atoms with Gasteiger partial charge in [0.05, 0.1) is 33.0 Å². The molecule has 0 bridgehead atoms. The third-order valence-electron chi connectivity index (χ3n) is 5.02. The van der Waals surface area contributed by atoms with E-state index in [1.165, 1.54) is 10.4 Å². The molecule has 2 aromatic carbocycles. The van der Waals surface area contributed by atoms with Gasteiger partial charge in [-0.05, 0) is 29.5 Å². The summed E-state index contributed by atoms with van der Waals surface area (Å²) in [6, 6.07) is 21.4. The highest BCUT2D eigenvalue weighted by Crippen LogP contribution is 2.36. The van der Waals surface area contributed by atoms with Crippen molar-refractivity contribution in [3.05, 3.63) is 60.7 Å². The Morgan fingerprint density at radius 1 is 0.690 bits per heavy atom. The van der Waals surface area contributed by atoms with Gasteiger partial charge in [-0.1, -0.05) is 81.4 Å². The van der Waals surface area contributed by atoms with Gasteiger partial charge in [-0.3, -0.25) is 0 Å². The van der Waals surface area contributed by atoms with Crippen molar-refractivity contribution < 1.29 is 13.9 Å². The summed E-state index contributed by atoms with van der Waals surface area (Å²) in [4.78, 5) is 2.11. The summed E-state index contributed by atoms with van der Waals surface area (Å²) in [6.07, 6.45) is 0. The molecule has 0 aliphatic rings. The van der Waals surface area contributed by atoms with Crippen LogP contribution in [-0.4, -0.2) is 66.9 Å². The van der Waals surface area contributed by atoms with Gasteiger partial charge in [0.15, 0.2) is 0 Å². The summed E-state index contributed by atoms with van der Waals surface area (Å²) in [5, 5.41) is 2.58. The summed E-state index contributed by atoms with van der Waals surface area (Å²) in [6.45, 7) is 10.9. The molecule has 0 N–H and O–H groups in total. The first kappa shape index (κ1) is 23.8. The zero-order chi connectivity index (χ0) is 21.2. The summed E-state index contributed by atoms with van der Waals surface area (Å²) >= 11 is 0. The van der Waals surface area contributed by atoms with Crippen molar-refractivity contribution >= 4 is 18.7 Å². The topological polar surface area (TPSA) is 30.9 Å². The van der Waals surface area contributed by atoms with Gasteiger partial charge in [0.2, 0.25) is 0 Å². The standard InChI is InChI=1S/C24H37NO3Si/c1-24(2,3)29(22-12-8-6-9-13-22,23-14-10-7-11-15-23)28-21-20-27-19-18-26-17-16-25(4)5/h6-15H,16-21H2,1-5H3. The van der Waals surface area contributed by atoms with E-state index in [1.54, 1.807) is 0 Å². The van der Waals surface area contributed by atoms with E-state index in [4.69, 9.17) is 13.9 Å². The zero-order valence-electron chi connectivity index (χ0n) is 18.7. The van der Waals surface area contributed by atoms with Gasteiger partial charge in [-0.2, -0.15) is 0 Å². The number of benzene rings is 2. The summed E-state index contributed by atoms with van der Waals surface area (Å²) in [7, 11) is 1.63. The number of likely N-dealkylation sites (N-methyl/N-ethyl adjacent to an activating group) is 1. The van der Waals surface area contributed by atoms with E-state index in [9.17, 15) is 0 Å². The van der Waals surface area contributed by atoms with Gasteiger partial charge in [-0.25, -0.2) is 0 Å². The molecule has 0 saturated carbocycles. The molecule has 5 heteroatoms. The molecule has 0 aromatic heterocycles. The van der Waals surface area contributed by atoms with Gasteiger partial charge >= 0.3 is 0 Å². The summed E-state index contributed by atoms with van der Waals surface area (Å²) in [5.74, 6) is 0. The highest BCUT2D eigenvalue weighted by Gasteiger charge is 2.49. The maximum absolute atomic E-state index is 6.79. The lowest BCUT2D eigenvalue weighted by Crippen LogP contribution is -2.66. The van der Waals surface area contributed by atoms with Crippen LogP contribution in [0.4, 0.5) is 0 Å². The minimum Gasteiger partial charge on any atom is -0.405 e. The fraction of sp³-hybridized carbons (Fsp3) is 0.500. The Bertz CT molecular complexity index is 647. The van der Waals surface area contributed by atoms with Crippen LogP contribution < -0.4 is 10.4 Å². The van der Waals surface area contributed by atoms with Crippen molar-refractivity contribution in [3.63, 3.8) is 0 Å². The molecular formula is C24H37NO3Si. The van der Waals surface area contributed by atoms with Gasteiger partial charge in [0.25, 0.3) is 8.32 Å². The number of hydrogen-bond donors (Lipinski definition) is 0. The molecule has 0 saturated heterocycles. The average Bonchev–Trinajstić information content (AvgIpc) is 2.70. The minimum atomic E-state index is -2.46. The van der Waals surface area contributed by atoms with E-state index < -0.39 is 8.32 Å². The second-order valence-corrected chi connectivity index (χ2v) is 12.8. The lowest BCUT2D eigenvalue weighted by molar-refractivity contribution is 0.0314. The molecule has 2 rings (SSSR count). The molecule has 0 heterocycles. The smallest absolute Gasteiger partial charge is 0.261 e.